The van der Waals surface area contributed by atoms with Gasteiger partial charge in [-0.05, 0) is 25.0 Å². The maximum absolute atomic E-state index is 13.1. The van der Waals surface area contributed by atoms with E-state index in [2.05, 4.69) is 4.98 Å². The van der Waals surface area contributed by atoms with Crippen molar-refractivity contribution in [3.05, 3.63) is 48.5 Å². The molecule has 2 heterocycles. The van der Waals surface area contributed by atoms with Crippen molar-refractivity contribution in [2.45, 2.75) is 37.8 Å². The van der Waals surface area contributed by atoms with Gasteiger partial charge in [0, 0.05) is 12.2 Å². The van der Waals surface area contributed by atoms with Crippen LogP contribution in [0, 0.1) is 0 Å². The lowest BCUT2D eigenvalue weighted by Crippen LogP contribution is -2.55. The Morgan fingerprint density at radius 2 is 2.00 bits per heavy atom. The zero-order valence-electron chi connectivity index (χ0n) is 13.1. The van der Waals surface area contributed by atoms with Gasteiger partial charge >= 0.3 is 0 Å². The van der Waals surface area contributed by atoms with Gasteiger partial charge < -0.3 is 9.64 Å². The van der Waals surface area contributed by atoms with Gasteiger partial charge in [0.1, 0.15) is 5.69 Å². The summed E-state index contributed by atoms with van der Waals surface area (Å²) in [5.74, 6) is 0.0616. The van der Waals surface area contributed by atoms with Gasteiger partial charge in [0.2, 0.25) is 0 Å². The number of morpholine rings is 1. The van der Waals surface area contributed by atoms with Crippen LogP contribution in [0.4, 0.5) is 0 Å². The second-order valence-corrected chi connectivity index (χ2v) is 6.24. The highest BCUT2D eigenvalue weighted by atomic mass is 16.5. The quantitative estimate of drug-likeness (QED) is 0.856. The second kappa shape index (κ2) is 6.16. The Morgan fingerprint density at radius 3 is 2.87 bits per heavy atom. The number of rotatable bonds is 2. The van der Waals surface area contributed by atoms with Crippen molar-refractivity contribution in [1.82, 2.24) is 14.5 Å². The van der Waals surface area contributed by atoms with Crippen molar-refractivity contribution in [3.63, 3.8) is 0 Å². The van der Waals surface area contributed by atoms with Gasteiger partial charge in [-0.25, -0.2) is 4.98 Å². The van der Waals surface area contributed by atoms with Gasteiger partial charge in [-0.1, -0.05) is 31.0 Å². The number of para-hydroxylation sites is 1. The number of carbonyl (C=O) groups is 1. The number of aromatic nitrogens is 2. The minimum absolute atomic E-state index is 0.0616. The molecule has 0 radical (unpaired) electrons. The Balaban J connectivity index is 1.63. The average molecular weight is 311 g/mol. The van der Waals surface area contributed by atoms with Crippen molar-refractivity contribution in [3.8, 4) is 5.69 Å². The number of hydrogen-bond donors (Lipinski definition) is 0. The molecule has 1 amide bonds. The van der Waals surface area contributed by atoms with Crippen LogP contribution in [0.5, 0.6) is 0 Å². The number of benzene rings is 1. The van der Waals surface area contributed by atoms with E-state index in [1.54, 1.807) is 12.5 Å². The Morgan fingerprint density at radius 1 is 1.17 bits per heavy atom. The predicted molar refractivity (Wildman–Crippen MR) is 86.6 cm³/mol. The molecule has 2 fully saturated rings. The summed E-state index contributed by atoms with van der Waals surface area (Å²) in [4.78, 5) is 19.3. The summed E-state index contributed by atoms with van der Waals surface area (Å²) in [6.45, 7) is 1.30. The zero-order valence-corrected chi connectivity index (χ0v) is 13.1. The lowest BCUT2D eigenvalue weighted by Gasteiger charge is -2.43. The Kier molecular flexibility index (Phi) is 3.87. The SMILES string of the molecule is O=C(c1cncn1-c1ccccc1)N1CCOC2CCCCC21. The molecule has 1 aromatic heterocycles. The van der Waals surface area contributed by atoms with Crippen LogP contribution in [0.15, 0.2) is 42.9 Å². The molecule has 1 saturated heterocycles. The first-order chi connectivity index (χ1) is 11.3. The summed E-state index contributed by atoms with van der Waals surface area (Å²) >= 11 is 0. The van der Waals surface area contributed by atoms with E-state index in [0.717, 1.165) is 18.5 Å². The molecule has 1 aliphatic carbocycles. The normalized spacial score (nSPS) is 24.3. The molecular formula is C18H21N3O2. The molecule has 2 unspecified atom stereocenters. The summed E-state index contributed by atoms with van der Waals surface area (Å²) in [6.07, 6.45) is 8.05. The molecule has 4 rings (SSSR count). The topological polar surface area (TPSA) is 47.4 Å². The van der Waals surface area contributed by atoms with E-state index in [1.807, 2.05) is 39.8 Å². The summed E-state index contributed by atoms with van der Waals surface area (Å²) in [5.41, 5.74) is 1.59. The van der Waals surface area contributed by atoms with Gasteiger partial charge in [0.05, 0.1) is 31.3 Å². The van der Waals surface area contributed by atoms with Crippen LogP contribution in [0.3, 0.4) is 0 Å². The minimum atomic E-state index is 0.0616. The van der Waals surface area contributed by atoms with E-state index < -0.39 is 0 Å². The molecule has 23 heavy (non-hydrogen) atoms. The molecule has 1 aromatic carbocycles. The molecule has 2 atom stereocenters. The Hall–Kier alpha value is -2.14. The first kappa shape index (κ1) is 14.5. The molecule has 0 bridgehead atoms. The van der Waals surface area contributed by atoms with Crippen molar-refractivity contribution in [2.75, 3.05) is 13.2 Å². The molecule has 1 aliphatic heterocycles. The highest BCUT2D eigenvalue weighted by molar-refractivity contribution is 5.93. The number of ether oxygens (including phenoxy) is 1. The van der Waals surface area contributed by atoms with Crippen LogP contribution in [0.2, 0.25) is 0 Å². The lowest BCUT2D eigenvalue weighted by molar-refractivity contribution is -0.0754. The van der Waals surface area contributed by atoms with Crippen LogP contribution >= 0.6 is 0 Å². The van der Waals surface area contributed by atoms with E-state index >= 15 is 0 Å². The third-order valence-electron chi connectivity index (χ3n) is 4.88. The van der Waals surface area contributed by atoms with Crippen LogP contribution < -0.4 is 0 Å². The molecule has 120 valence electrons. The molecule has 0 spiro atoms. The highest BCUT2D eigenvalue weighted by Crippen LogP contribution is 2.29. The number of hydrogen-bond acceptors (Lipinski definition) is 3. The summed E-state index contributed by atoms with van der Waals surface area (Å²) in [6, 6.07) is 10.1. The smallest absolute Gasteiger partial charge is 0.272 e. The lowest BCUT2D eigenvalue weighted by atomic mass is 9.90. The van der Waals surface area contributed by atoms with E-state index in [1.165, 1.54) is 12.8 Å². The fraction of sp³-hybridized carbons (Fsp3) is 0.444. The van der Waals surface area contributed by atoms with Crippen LogP contribution in [-0.4, -0.2) is 45.7 Å². The van der Waals surface area contributed by atoms with Crippen LogP contribution in [0.25, 0.3) is 5.69 Å². The van der Waals surface area contributed by atoms with E-state index in [9.17, 15) is 4.79 Å². The van der Waals surface area contributed by atoms with Crippen molar-refractivity contribution in [1.29, 1.82) is 0 Å². The van der Waals surface area contributed by atoms with E-state index in [-0.39, 0.29) is 18.1 Å². The van der Waals surface area contributed by atoms with Gasteiger partial charge in [0.15, 0.2) is 0 Å². The standard InChI is InChI=1S/C18H21N3O2/c22-18(20-10-11-23-17-9-5-4-8-15(17)20)16-12-19-13-21(16)14-6-2-1-3-7-14/h1-3,6-7,12-13,15,17H,4-5,8-11H2. The van der Waals surface area contributed by atoms with E-state index in [4.69, 9.17) is 4.74 Å². The first-order valence-corrected chi connectivity index (χ1v) is 8.35. The molecular weight excluding hydrogens is 290 g/mol. The fourth-order valence-electron chi connectivity index (χ4n) is 3.74. The van der Waals surface area contributed by atoms with E-state index in [0.29, 0.717) is 18.8 Å². The Labute approximate surface area is 135 Å². The zero-order chi connectivity index (χ0) is 15.6. The summed E-state index contributed by atoms with van der Waals surface area (Å²) in [5, 5.41) is 0. The average Bonchev–Trinajstić information content (AvgIpc) is 3.11. The summed E-state index contributed by atoms with van der Waals surface area (Å²) < 4.78 is 7.75. The number of fused-ring (bicyclic) bond motifs is 1. The van der Waals surface area contributed by atoms with Gasteiger partial charge in [-0.15, -0.1) is 0 Å². The number of imidazole rings is 1. The van der Waals surface area contributed by atoms with Crippen LogP contribution in [0.1, 0.15) is 36.2 Å². The van der Waals surface area contributed by atoms with Crippen LogP contribution in [-0.2, 0) is 4.74 Å². The summed E-state index contributed by atoms with van der Waals surface area (Å²) in [7, 11) is 0. The van der Waals surface area contributed by atoms with Gasteiger partial charge in [0.25, 0.3) is 5.91 Å². The maximum Gasteiger partial charge on any atom is 0.272 e. The van der Waals surface area contributed by atoms with Crippen molar-refractivity contribution < 1.29 is 9.53 Å². The number of amides is 1. The van der Waals surface area contributed by atoms with Crippen molar-refractivity contribution in [2.24, 2.45) is 0 Å². The predicted octanol–water partition coefficient (Wildman–Crippen LogP) is 2.66. The number of carbonyl (C=O) groups excluding carboxylic acids is 1. The van der Waals surface area contributed by atoms with Gasteiger partial charge in [-0.2, -0.15) is 0 Å². The fourth-order valence-corrected chi connectivity index (χ4v) is 3.74. The molecule has 0 N–H and O–H groups in total. The monoisotopic (exact) mass is 311 g/mol. The highest BCUT2D eigenvalue weighted by Gasteiger charge is 2.37. The maximum atomic E-state index is 13.1. The molecule has 2 aliphatic rings. The molecule has 5 heteroatoms. The molecule has 1 saturated carbocycles. The third kappa shape index (κ3) is 2.65. The molecule has 5 nitrogen and oxygen atoms in total. The first-order valence-electron chi connectivity index (χ1n) is 8.35. The third-order valence-corrected chi connectivity index (χ3v) is 4.88. The largest absolute Gasteiger partial charge is 0.374 e. The van der Waals surface area contributed by atoms with Crippen molar-refractivity contribution >= 4 is 5.91 Å². The minimum Gasteiger partial charge on any atom is -0.374 e. The van der Waals surface area contributed by atoms with Gasteiger partial charge in [-0.3, -0.25) is 9.36 Å². The second-order valence-electron chi connectivity index (χ2n) is 6.24. The molecule has 2 aromatic rings. The Bertz CT molecular complexity index is 681. The number of nitrogens with zero attached hydrogens (tertiary/aromatic N) is 3.